The van der Waals surface area contributed by atoms with Crippen molar-refractivity contribution >= 4 is 35.1 Å². The van der Waals surface area contributed by atoms with Crippen LogP contribution in [-0.4, -0.2) is 52.6 Å². The molecular weight excluding hydrogens is 382 g/mol. The van der Waals surface area contributed by atoms with Gasteiger partial charge in [0.1, 0.15) is 11.4 Å². The molecule has 0 aliphatic carbocycles. The maximum atomic E-state index is 12.3. The van der Waals surface area contributed by atoms with Gasteiger partial charge in [-0.05, 0) is 38.1 Å². The molecule has 4 N–H and O–H groups in total. The van der Waals surface area contributed by atoms with Gasteiger partial charge in [-0.15, -0.1) is 0 Å². The molecule has 0 saturated carbocycles. The van der Waals surface area contributed by atoms with Gasteiger partial charge in [-0.2, -0.15) is 0 Å². The smallest absolute Gasteiger partial charge is 0.277 e. The molecule has 1 heterocycles. The van der Waals surface area contributed by atoms with Gasteiger partial charge in [0.05, 0.1) is 12.9 Å². The minimum Gasteiger partial charge on any atom is -0.497 e. The molecule has 2 rings (SSSR count). The number of hydrogen-bond donors (Lipinski definition) is 3. The number of carbonyl (C=O) groups excluding carboxylic acids is 2. The third kappa shape index (κ3) is 5.26. The van der Waals surface area contributed by atoms with E-state index >= 15 is 0 Å². The van der Waals surface area contributed by atoms with Crippen LogP contribution in [0.15, 0.2) is 34.2 Å². The Balaban J connectivity index is 2.09. The summed E-state index contributed by atoms with van der Waals surface area (Å²) >= 11 is 1.08. The molecule has 0 fully saturated rings. The molecule has 0 aliphatic rings. The fraction of sp³-hybridized carbons (Fsp3) is 0.333. The molecular formula is C18H23N5O4S. The van der Waals surface area contributed by atoms with Gasteiger partial charge in [0.25, 0.3) is 11.5 Å². The van der Waals surface area contributed by atoms with Gasteiger partial charge in [0, 0.05) is 18.7 Å². The summed E-state index contributed by atoms with van der Waals surface area (Å²) in [5.41, 5.74) is 5.44. The van der Waals surface area contributed by atoms with E-state index in [1.54, 1.807) is 29.2 Å². The van der Waals surface area contributed by atoms with Crippen molar-refractivity contribution in [3.05, 3.63) is 40.2 Å². The van der Waals surface area contributed by atoms with Crippen molar-refractivity contribution in [1.82, 2.24) is 14.9 Å². The Morgan fingerprint density at radius 3 is 2.43 bits per heavy atom. The zero-order chi connectivity index (χ0) is 20.7. The van der Waals surface area contributed by atoms with E-state index in [4.69, 9.17) is 10.5 Å². The summed E-state index contributed by atoms with van der Waals surface area (Å²) in [5.74, 6) is 0.0493. The summed E-state index contributed by atoms with van der Waals surface area (Å²) < 4.78 is 5.04. The van der Waals surface area contributed by atoms with Gasteiger partial charge in [0.15, 0.2) is 11.0 Å². The predicted molar refractivity (Wildman–Crippen MR) is 109 cm³/mol. The highest BCUT2D eigenvalue weighted by molar-refractivity contribution is 7.99. The second-order valence-corrected chi connectivity index (χ2v) is 6.63. The van der Waals surface area contributed by atoms with E-state index in [2.05, 4.69) is 15.3 Å². The second kappa shape index (κ2) is 9.79. The first-order valence-corrected chi connectivity index (χ1v) is 9.63. The molecule has 1 aromatic carbocycles. The number of thioether (sulfide) groups is 1. The van der Waals surface area contributed by atoms with Crippen molar-refractivity contribution < 1.29 is 14.3 Å². The first kappa shape index (κ1) is 21.3. The number of anilines is 2. The molecule has 0 saturated heterocycles. The van der Waals surface area contributed by atoms with Crippen LogP contribution in [0, 0.1) is 0 Å². The number of nitrogen functional groups attached to an aromatic ring is 1. The standard InChI is InChI=1S/C18H23N5O4S/c1-4-23(5-2)13(24)10-28-18-21-15(19)14(17(26)22-18)20-16(25)11-6-8-12(27-3)9-7-11/h6-9H,4-5,10H2,1-3H3,(H,20,25)(H3,19,21,22,26). The number of nitrogens with one attached hydrogen (secondary N) is 2. The Labute approximate surface area is 166 Å². The largest absolute Gasteiger partial charge is 0.497 e. The van der Waals surface area contributed by atoms with Gasteiger partial charge in [0.2, 0.25) is 5.91 Å². The molecule has 0 spiro atoms. The van der Waals surface area contributed by atoms with Crippen LogP contribution >= 0.6 is 11.8 Å². The zero-order valence-electron chi connectivity index (χ0n) is 15.9. The van der Waals surface area contributed by atoms with E-state index in [-0.39, 0.29) is 28.3 Å². The molecule has 0 unspecified atom stereocenters. The minimum atomic E-state index is -0.591. The Morgan fingerprint density at radius 2 is 1.89 bits per heavy atom. The molecule has 2 aromatic rings. The van der Waals surface area contributed by atoms with Crippen LogP contribution in [0.1, 0.15) is 24.2 Å². The highest BCUT2D eigenvalue weighted by Crippen LogP contribution is 2.18. The van der Waals surface area contributed by atoms with Crippen molar-refractivity contribution in [1.29, 1.82) is 0 Å². The lowest BCUT2D eigenvalue weighted by atomic mass is 10.2. The number of hydrogen-bond acceptors (Lipinski definition) is 7. The summed E-state index contributed by atoms with van der Waals surface area (Å²) in [6.07, 6.45) is 0. The van der Waals surface area contributed by atoms with Crippen molar-refractivity contribution in [2.24, 2.45) is 0 Å². The van der Waals surface area contributed by atoms with Gasteiger partial charge in [-0.3, -0.25) is 19.4 Å². The van der Waals surface area contributed by atoms with Crippen molar-refractivity contribution in [3.63, 3.8) is 0 Å². The van der Waals surface area contributed by atoms with E-state index in [0.29, 0.717) is 24.4 Å². The molecule has 10 heteroatoms. The number of aromatic nitrogens is 2. The Kier molecular flexibility index (Phi) is 7.44. The first-order valence-electron chi connectivity index (χ1n) is 8.65. The Hall–Kier alpha value is -3.01. The fourth-order valence-electron chi connectivity index (χ4n) is 2.38. The van der Waals surface area contributed by atoms with Crippen LogP contribution in [0.2, 0.25) is 0 Å². The summed E-state index contributed by atoms with van der Waals surface area (Å²) in [6.45, 7) is 5.01. The predicted octanol–water partition coefficient (Wildman–Crippen LogP) is 1.57. The Morgan fingerprint density at radius 1 is 1.25 bits per heavy atom. The van der Waals surface area contributed by atoms with Crippen molar-refractivity contribution in [2.75, 3.05) is 37.0 Å². The average Bonchev–Trinajstić information content (AvgIpc) is 2.70. The number of benzene rings is 1. The van der Waals surface area contributed by atoms with Crippen LogP contribution in [0.5, 0.6) is 5.75 Å². The first-order chi connectivity index (χ1) is 13.4. The van der Waals surface area contributed by atoms with Crippen LogP contribution < -0.4 is 21.3 Å². The van der Waals surface area contributed by atoms with E-state index in [9.17, 15) is 14.4 Å². The lowest BCUT2D eigenvalue weighted by Crippen LogP contribution is -2.32. The third-order valence-electron chi connectivity index (χ3n) is 3.96. The number of carbonyl (C=O) groups is 2. The van der Waals surface area contributed by atoms with Crippen molar-refractivity contribution in [3.8, 4) is 5.75 Å². The highest BCUT2D eigenvalue weighted by atomic mass is 32.2. The number of ether oxygens (including phenoxy) is 1. The number of aromatic amines is 1. The quantitative estimate of drug-likeness (QED) is 0.449. The second-order valence-electron chi connectivity index (χ2n) is 5.67. The maximum absolute atomic E-state index is 12.3. The molecule has 150 valence electrons. The van der Waals surface area contributed by atoms with Crippen LogP contribution in [0.3, 0.4) is 0 Å². The van der Waals surface area contributed by atoms with Crippen LogP contribution in [0.4, 0.5) is 11.5 Å². The molecule has 0 atom stereocenters. The van der Waals surface area contributed by atoms with E-state index in [0.717, 1.165) is 11.8 Å². The van der Waals surface area contributed by atoms with E-state index in [1.807, 2.05) is 13.8 Å². The normalized spacial score (nSPS) is 10.4. The average molecular weight is 405 g/mol. The number of rotatable bonds is 8. The minimum absolute atomic E-state index is 0.0619. The molecule has 2 amide bonds. The van der Waals surface area contributed by atoms with Gasteiger partial charge in [-0.1, -0.05) is 11.8 Å². The summed E-state index contributed by atoms with van der Waals surface area (Å²) in [6, 6.07) is 6.39. The monoisotopic (exact) mass is 405 g/mol. The number of H-pyrrole nitrogens is 1. The topological polar surface area (TPSA) is 130 Å². The lowest BCUT2D eigenvalue weighted by Gasteiger charge is -2.18. The van der Waals surface area contributed by atoms with Crippen molar-refractivity contribution in [2.45, 2.75) is 19.0 Å². The number of methoxy groups -OCH3 is 1. The summed E-state index contributed by atoms with van der Waals surface area (Å²) in [5, 5.41) is 2.68. The maximum Gasteiger partial charge on any atom is 0.277 e. The number of amides is 2. The SMILES string of the molecule is CCN(CC)C(=O)CSc1nc(N)c(NC(=O)c2ccc(OC)cc2)c(=O)[nH]1. The van der Waals surface area contributed by atoms with Crippen LogP contribution in [0.25, 0.3) is 0 Å². The van der Waals surface area contributed by atoms with E-state index in [1.165, 1.54) is 7.11 Å². The van der Waals surface area contributed by atoms with Gasteiger partial charge < -0.3 is 20.7 Å². The molecule has 1 aromatic heterocycles. The molecule has 28 heavy (non-hydrogen) atoms. The highest BCUT2D eigenvalue weighted by Gasteiger charge is 2.16. The van der Waals surface area contributed by atoms with Crippen LogP contribution in [-0.2, 0) is 4.79 Å². The number of nitrogens with zero attached hydrogens (tertiary/aromatic N) is 2. The molecule has 0 radical (unpaired) electrons. The lowest BCUT2D eigenvalue weighted by molar-refractivity contribution is -0.127. The summed E-state index contributed by atoms with van der Waals surface area (Å²) in [7, 11) is 1.52. The Bertz CT molecular complexity index is 894. The van der Waals surface area contributed by atoms with E-state index < -0.39 is 11.5 Å². The molecule has 9 nitrogen and oxygen atoms in total. The number of nitrogens with two attached hydrogens (primary N) is 1. The molecule has 0 aliphatic heterocycles. The zero-order valence-corrected chi connectivity index (χ0v) is 16.8. The van der Waals surface area contributed by atoms with Gasteiger partial charge in [-0.25, -0.2) is 4.98 Å². The fourth-order valence-corrected chi connectivity index (χ4v) is 3.15. The van der Waals surface area contributed by atoms with Gasteiger partial charge >= 0.3 is 0 Å². The third-order valence-corrected chi connectivity index (χ3v) is 4.82. The molecule has 0 bridgehead atoms. The summed E-state index contributed by atoms with van der Waals surface area (Å²) in [4.78, 5) is 44.9.